The van der Waals surface area contributed by atoms with Crippen molar-refractivity contribution in [2.45, 2.75) is 24.5 Å². The van der Waals surface area contributed by atoms with Gasteiger partial charge >= 0.3 is 0 Å². The number of nitrogens with zero attached hydrogens (tertiary/aromatic N) is 1. The number of aliphatic imine (C=N–C) groups is 1. The summed E-state index contributed by atoms with van der Waals surface area (Å²) in [4.78, 5) is 29.0. The minimum absolute atomic E-state index is 0.0814. The normalized spacial score (nSPS) is 15.6. The third-order valence-corrected chi connectivity index (χ3v) is 6.43. The van der Waals surface area contributed by atoms with Crippen LogP contribution in [0.25, 0.3) is 0 Å². The molecular weight excluding hydrogens is 456 g/mol. The second-order valence-electron chi connectivity index (χ2n) is 7.50. The number of rotatable bonds is 6. The van der Waals surface area contributed by atoms with Gasteiger partial charge in [0.2, 0.25) is 0 Å². The van der Waals surface area contributed by atoms with E-state index in [9.17, 15) is 18.0 Å². The maximum absolute atomic E-state index is 12.4. The lowest BCUT2D eigenvalue weighted by molar-refractivity contribution is -0.122. The van der Waals surface area contributed by atoms with Crippen LogP contribution >= 0.6 is 0 Å². The molecule has 0 aromatic heterocycles. The topological polar surface area (TPSA) is 126 Å². The summed E-state index contributed by atoms with van der Waals surface area (Å²) in [6.07, 6.45) is 0. The molecule has 0 saturated carbocycles. The van der Waals surface area contributed by atoms with E-state index in [0.717, 1.165) is 11.3 Å². The Kier molecular flexibility index (Phi) is 6.60. The number of carbonyl (C=O) groups excluding carboxylic acids is 2. The van der Waals surface area contributed by atoms with Gasteiger partial charge < -0.3 is 4.74 Å². The molecule has 34 heavy (non-hydrogen) atoms. The van der Waals surface area contributed by atoms with Crippen molar-refractivity contribution < 1.29 is 22.7 Å². The number of nitrogens with one attached hydrogen (secondary N) is 3. The summed E-state index contributed by atoms with van der Waals surface area (Å²) < 4.78 is 32.4. The molecule has 0 radical (unpaired) electrons. The molecule has 1 atom stereocenters. The van der Waals surface area contributed by atoms with Gasteiger partial charge in [0.25, 0.3) is 21.8 Å². The van der Waals surface area contributed by atoms with E-state index in [0.29, 0.717) is 17.7 Å². The van der Waals surface area contributed by atoms with Crippen LogP contribution in [0.3, 0.4) is 0 Å². The average Bonchev–Trinajstić information content (AvgIpc) is 3.11. The fraction of sp³-hybridized carbons (Fsp3) is 0.125. The Bertz CT molecular complexity index is 1340. The number of benzene rings is 3. The molecule has 2 amide bonds. The third-order valence-electron chi connectivity index (χ3n) is 5.03. The first-order valence-corrected chi connectivity index (χ1v) is 11.9. The first-order chi connectivity index (χ1) is 16.3. The van der Waals surface area contributed by atoms with Crippen molar-refractivity contribution in [1.82, 2.24) is 15.6 Å². The van der Waals surface area contributed by atoms with Crippen molar-refractivity contribution in [2.75, 3.05) is 0 Å². The van der Waals surface area contributed by atoms with E-state index < -0.39 is 27.9 Å². The van der Waals surface area contributed by atoms with E-state index in [2.05, 4.69) is 20.6 Å². The molecule has 0 bridgehead atoms. The summed E-state index contributed by atoms with van der Waals surface area (Å²) in [5.74, 6) is -0.274. The van der Waals surface area contributed by atoms with Crippen molar-refractivity contribution in [3.8, 4) is 5.75 Å². The average molecular weight is 479 g/mol. The Hall–Kier alpha value is -4.18. The van der Waals surface area contributed by atoms with Crippen LogP contribution in [0.5, 0.6) is 5.75 Å². The smallest absolute Gasteiger partial charge is 0.269 e. The molecule has 10 heteroatoms. The number of amidine groups is 1. The Morgan fingerprint density at radius 1 is 0.941 bits per heavy atom. The molecule has 3 aromatic carbocycles. The van der Waals surface area contributed by atoms with E-state index >= 15 is 0 Å². The van der Waals surface area contributed by atoms with Gasteiger partial charge in [0.1, 0.15) is 24.2 Å². The minimum Gasteiger partial charge on any atom is -0.489 e. The van der Waals surface area contributed by atoms with E-state index in [4.69, 9.17) is 4.74 Å². The maximum atomic E-state index is 12.4. The van der Waals surface area contributed by atoms with Crippen LogP contribution in [0.1, 0.15) is 28.4 Å². The third kappa shape index (κ3) is 5.24. The zero-order valence-electron chi connectivity index (χ0n) is 18.2. The SMILES string of the molecule is C[C@H](N=C1NS(=O)(=O)c2ccccc21)C(=O)NNC(=O)c1ccc(COc2ccccc2)cc1. The van der Waals surface area contributed by atoms with Gasteiger partial charge in [0.15, 0.2) is 0 Å². The molecule has 1 aliphatic heterocycles. The molecule has 4 rings (SSSR count). The van der Waals surface area contributed by atoms with Gasteiger partial charge in [-0.2, -0.15) is 0 Å². The van der Waals surface area contributed by atoms with Crippen molar-refractivity contribution in [3.63, 3.8) is 0 Å². The number of para-hydroxylation sites is 1. The quantitative estimate of drug-likeness (QED) is 0.468. The lowest BCUT2D eigenvalue weighted by atomic mass is 10.1. The van der Waals surface area contributed by atoms with E-state index in [1.807, 2.05) is 30.3 Å². The molecule has 3 N–H and O–H groups in total. The highest BCUT2D eigenvalue weighted by Gasteiger charge is 2.31. The van der Waals surface area contributed by atoms with E-state index in [-0.39, 0.29) is 10.7 Å². The minimum atomic E-state index is -3.70. The molecule has 0 unspecified atom stereocenters. The number of ether oxygens (including phenoxy) is 1. The highest BCUT2D eigenvalue weighted by atomic mass is 32.2. The van der Waals surface area contributed by atoms with Crippen molar-refractivity contribution in [3.05, 3.63) is 95.6 Å². The lowest BCUT2D eigenvalue weighted by Crippen LogP contribution is -2.45. The van der Waals surface area contributed by atoms with Crippen LogP contribution in [0.15, 0.2) is 88.8 Å². The Morgan fingerprint density at radius 3 is 2.35 bits per heavy atom. The number of carbonyl (C=O) groups is 2. The molecule has 0 spiro atoms. The first-order valence-electron chi connectivity index (χ1n) is 10.4. The first kappa shape index (κ1) is 23.0. The number of sulfonamides is 1. The number of hydrogen-bond acceptors (Lipinski definition) is 6. The fourth-order valence-corrected chi connectivity index (χ4v) is 4.45. The Labute approximate surface area is 196 Å². The van der Waals surface area contributed by atoms with Crippen molar-refractivity contribution >= 4 is 27.7 Å². The molecule has 9 nitrogen and oxygen atoms in total. The molecule has 1 heterocycles. The van der Waals surface area contributed by atoms with Gasteiger partial charge in [-0.05, 0) is 48.9 Å². The number of hydrazine groups is 1. The van der Waals surface area contributed by atoms with E-state index in [1.165, 1.54) is 13.0 Å². The molecule has 0 aliphatic carbocycles. The zero-order chi connectivity index (χ0) is 24.1. The summed E-state index contributed by atoms with van der Waals surface area (Å²) in [6.45, 7) is 1.85. The van der Waals surface area contributed by atoms with Gasteiger partial charge in [0.05, 0.1) is 4.90 Å². The molecule has 3 aromatic rings. The van der Waals surface area contributed by atoms with E-state index in [1.54, 1.807) is 42.5 Å². The van der Waals surface area contributed by atoms with Gasteiger partial charge in [0, 0.05) is 11.1 Å². The van der Waals surface area contributed by atoms with Crippen LogP contribution in [-0.4, -0.2) is 32.1 Å². The van der Waals surface area contributed by atoms with Crippen LogP contribution in [0.2, 0.25) is 0 Å². The van der Waals surface area contributed by atoms with Crippen molar-refractivity contribution in [1.29, 1.82) is 0 Å². The fourth-order valence-electron chi connectivity index (χ4n) is 3.21. The maximum Gasteiger partial charge on any atom is 0.269 e. The molecule has 174 valence electrons. The highest BCUT2D eigenvalue weighted by Crippen LogP contribution is 2.22. The largest absolute Gasteiger partial charge is 0.489 e. The standard InChI is InChI=1S/C24H22N4O5S/c1-16(25-22-20-9-5-6-10-21(20)34(31,32)28-22)23(29)26-27-24(30)18-13-11-17(12-14-18)15-33-19-7-3-2-4-8-19/h2-14,16H,15H2,1H3,(H,25,28)(H,26,29)(H,27,30)/t16-/m0/s1. The van der Waals surface area contributed by atoms with Gasteiger partial charge in [-0.1, -0.05) is 42.5 Å². The number of fused-ring (bicyclic) bond motifs is 1. The summed E-state index contributed by atoms with van der Waals surface area (Å²) in [6, 6.07) is 21.6. The number of hydrogen-bond donors (Lipinski definition) is 3. The molecule has 1 aliphatic rings. The summed E-state index contributed by atoms with van der Waals surface area (Å²) in [7, 11) is -3.70. The molecule has 0 fully saturated rings. The van der Waals surface area contributed by atoms with Gasteiger partial charge in [-0.25, -0.2) is 8.42 Å². The van der Waals surface area contributed by atoms with Crippen LogP contribution in [0.4, 0.5) is 0 Å². The number of amides is 2. The molecular formula is C24H22N4O5S. The van der Waals surface area contributed by atoms with Crippen LogP contribution in [0, 0.1) is 0 Å². The predicted octanol–water partition coefficient (Wildman–Crippen LogP) is 2.15. The Balaban J connectivity index is 1.31. The van der Waals surface area contributed by atoms with Crippen LogP contribution in [-0.2, 0) is 21.4 Å². The predicted molar refractivity (Wildman–Crippen MR) is 126 cm³/mol. The zero-order valence-corrected chi connectivity index (χ0v) is 19.0. The van der Waals surface area contributed by atoms with Crippen LogP contribution < -0.4 is 20.3 Å². The van der Waals surface area contributed by atoms with Gasteiger partial charge in [-0.15, -0.1) is 0 Å². The summed E-state index contributed by atoms with van der Waals surface area (Å²) >= 11 is 0. The second-order valence-corrected chi connectivity index (χ2v) is 9.15. The summed E-state index contributed by atoms with van der Waals surface area (Å²) in [5, 5.41) is 0. The second kappa shape index (κ2) is 9.75. The lowest BCUT2D eigenvalue weighted by Gasteiger charge is -2.11. The molecule has 0 saturated heterocycles. The summed E-state index contributed by atoms with van der Waals surface area (Å²) in [5.41, 5.74) is 6.27. The Morgan fingerprint density at radius 2 is 1.62 bits per heavy atom. The highest BCUT2D eigenvalue weighted by molar-refractivity contribution is 7.90. The monoisotopic (exact) mass is 478 g/mol. The van der Waals surface area contributed by atoms with Crippen molar-refractivity contribution in [2.24, 2.45) is 4.99 Å². The van der Waals surface area contributed by atoms with Gasteiger partial charge in [-0.3, -0.25) is 30.2 Å².